The van der Waals surface area contributed by atoms with E-state index in [-0.39, 0.29) is 63.6 Å². The Morgan fingerprint density at radius 3 is 2.07 bits per heavy atom. The average molecular weight is 233 g/mol. The maximum absolute atomic E-state index is 12.1. The minimum Gasteiger partial charge on any atom is -0.448 e. The van der Waals surface area contributed by atoms with Crippen molar-refractivity contribution in [2.45, 2.75) is 25.0 Å². The maximum Gasteiger partial charge on any atom is 1.00 e. The van der Waals surface area contributed by atoms with Gasteiger partial charge in [0.1, 0.15) is 0 Å². The summed E-state index contributed by atoms with van der Waals surface area (Å²) in [5.41, 5.74) is 0. The summed E-state index contributed by atoms with van der Waals surface area (Å²) in [4.78, 5) is 1.48. The van der Waals surface area contributed by atoms with Gasteiger partial charge in [0.25, 0.3) is 0 Å². The summed E-state index contributed by atoms with van der Waals surface area (Å²) in [6.07, 6.45) is 1.22. The van der Waals surface area contributed by atoms with Crippen LogP contribution in [0.1, 0.15) is 12.8 Å². The first-order valence-corrected chi connectivity index (χ1v) is 4.62. The zero-order chi connectivity index (χ0) is 9.47. The van der Waals surface area contributed by atoms with Crippen molar-refractivity contribution in [1.29, 1.82) is 0 Å². The molecule has 2 saturated heterocycles. The van der Waals surface area contributed by atoms with Crippen LogP contribution in [0.2, 0.25) is 0 Å². The van der Waals surface area contributed by atoms with E-state index >= 15 is 0 Å². The molecule has 2 nitrogen and oxygen atoms in total. The smallest absolute Gasteiger partial charge is 0.448 e. The Kier molecular flexibility index (Phi) is 4.97. The molecule has 2 unspecified atom stereocenters. The van der Waals surface area contributed by atoms with Crippen molar-refractivity contribution in [2.75, 3.05) is 19.5 Å². The van der Waals surface area contributed by atoms with Crippen LogP contribution in [-0.4, -0.2) is 43.6 Å². The normalized spacial score (nSPS) is 32.8. The number of likely N-dealkylation sites (tertiary alicyclic amines) is 1. The molecule has 0 aliphatic carbocycles. The molecule has 2 atom stereocenters. The number of ether oxygens (including phenoxy) is 1. The molecule has 2 heterocycles. The summed E-state index contributed by atoms with van der Waals surface area (Å²) in [5.74, 6) is 0. The molecule has 7 heteroatoms. The summed E-state index contributed by atoms with van der Waals surface area (Å²) >= 11 is 0. The first-order chi connectivity index (χ1) is 6.03. The quantitative estimate of drug-likeness (QED) is 0.524. The van der Waals surface area contributed by atoms with Gasteiger partial charge in [-0.05, 0) is 19.3 Å². The molecule has 0 saturated carbocycles. The van der Waals surface area contributed by atoms with Crippen molar-refractivity contribution >= 4 is 6.98 Å². The fourth-order valence-corrected chi connectivity index (χ4v) is 2.14. The van der Waals surface area contributed by atoms with Crippen molar-refractivity contribution in [3.05, 3.63) is 0 Å². The van der Waals surface area contributed by atoms with Crippen LogP contribution < -0.4 is 51.4 Å². The fraction of sp³-hybridized carbons (Fsp3) is 1.00. The molecule has 2 bridgehead atoms. The largest absolute Gasteiger partial charge is 1.00 e. The summed E-state index contributed by atoms with van der Waals surface area (Å²) in [6.45, 7) is -3.76. The predicted molar refractivity (Wildman–Crippen MR) is 43.4 cm³/mol. The van der Waals surface area contributed by atoms with Crippen molar-refractivity contribution in [3.63, 3.8) is 0 Å². The van der Waals surface area contributed by atoms with Gasteiger partial charge in [0.15, 0.2) is 0 Å². The minimum absolute atomic E-state index is 0. The molecule has 0 aromatic heterocycles. The zero-order valence-corrected chi connectivity index (χ0v) is 11.4. The van der Waals surface area contributed by atoms with Crippen LogP contribution >= 0.6 is 0 Å². The van der Waals surface area contributed by atoms with Crippen LogP contribution in [0.5, 0.6) is 0 Å². The standard InChI is InChI=1S/C7H12BF3NO.K/c9-8(10,11)5-12-3-6-1-2-7(4-12)13-6;/h6-7H,1-5H2;/q-1;+1. The first kappa shape index (κ1) is 13.5. The van der Waals surface area contributed by atoms with Gasteiger partial charge in [-0.3, -0.25) is 0 Å². The van der Waals surface area contributed by atoms with Gasteiger partial charge >= 0.3 is 58.4 Å². The van der Waals surface area contributed by atoms with Crippen molar-refractivity contribution in [3.8, 4) is 0 Å². The zero-order valence-electron chi connectivity index (χ0n) is 8.26. The molecule has 2 rings (SSSR count). The number of rotatable bonds is 2. The fourth-order valence-electron chi connectivity index (χ4n) is 2.14. The SMILES string of the molecule is F[B-](F)(F)CN1CC2CCC(C1)O2.[K+]. The third-order valence-electron chi connectivity index (χ3n) is 2.58. The van der Waals surface area contributed by atoms with E-state index in [0.29, 0.717) is 13.1 Å². The van der Waals surface area contributed by atoms with Crippen molar-refractivity contribution in [2.24, 2.45) is 0 Å². The van der Waals surface area contributed by atoms with Gasteiger partial charge in [0.05, 0.1) is 12.2 Å². The minimum atomic E-state index is -4.67. The van der Waals surface area contributed by atoms with Crippen molar-refractivity contribution in [1.82, 2.24) is 4.90 Å². The third kappa shape index (κ3) is 3.77. The average Bonchev–Trinajstić information content (AvgIpc) is 2.27. The molecular formula is C7H12BF3KNO. The number of fused-ring (bicyclic) bond motifs is 2. The third-order valence-corrected chi connectivity index (χ3v) is 2.58. The van der Waals surface area contributed by atoms with E-state index in [2.05, 4.69) is 0 Å². The second kappa shape index (κ2) is 5.16. The monoisotopic (exact) mass is 233 g/mol. The molecule has 76 valence electrons. The van der Waals surface area contributed by atoms with E-state index in [4.69, 9.17) is 4.74 Å². The molecule has 0 N–H and O–H groups in total. The summed E-state index contributed by atoms with van der Waals surface area (Å²) in [7, 11) is 0. The van der Waals surface area contributed by atoms with Gasteiger partial charge in [-0.15, -0.1) is 0 Å². The van der Waals surface area contributed by atoms with Gasteiger partial charge in [0, 0.05) is 13.1 Å². The Bertz CT molecular complexity index is 192. The first-order valence-electron chi connectivity index (χ1n) is 4.62. The van der Waals surface area contributed by atoms with E-state index in [1.807, 2.05) is 0 Å². The number of morpholine rings is 1. The predicted octanol–water partition coefficient (Wildman–Crippen LogP) is -1.76. The summed E-state index contributed by atoms with van der Waals surface area (Å²) in [6, 6.07) is 0. The summed E-state index contributed by atoms with van der Waals surface area (Å²) < 4.78 is 41.7. The van der Waals surface area contributed by atoms with Gasteiger partial charge < -0.3 is 22.6 Å². The summed E-state index contributed by atoms with van der Waals surface area (Å²) in [5, 5.41) is 0. The topological polar surface area (TPSA) is 12.5 Å². The molecule has 0 radical (unpaired) electrons. The maximum atomic E-state index is 12.1. The molecule has 14 heavy (non-hydrogen) atoms. The van der Waals surface area contributed by atoms with Gasteiger partial charge in [0.2, 0.25) is 0 Å². The Hall–Kier alpha value is 1.41. The molecule has 0 spiro atoms. The number of halogens is 3. The Labute approximate surface area is 124 Å². The Morgan fingerprint density at radius 1 is 1.14 bits per heavy atom. The molecule has 2 aliphatic rings. The second-order valence-corrected chi connectivity index (χ2v) is 3.89. The molecule has 2 aliphatic heterocycles. The number of hydrogen-bond donors (Lipinski definition) is 0. The van der Waals surface area contributed by atoms with E-state index in [9.17, 15) is 12.9 Å². The molecule has 0 amide bonds. The molecular weight excluding hydrogens is 221 g/mol. The van der Waals surface area contributed by atoms with Crippen LogP contribution in [0.3, 0.4) is 0 Å². The van der Waals surface area contributed by atoms with Crippen LogP contribution in [0.25, 0.3) is 0 Å². The van der Waals surface area contributed by atoms with E-state index < -0.39 is 13.4 Å². The van der Waals surface area contributed by atoms with Gasteiger partial charge in [-0.25, -0.2) is 0 Å². The van der Waals surface area contributed by atoms with Gasteiger partial charge in [-0.2, -0.15) is 0 Å². The van der Waals surface area contributed by atoms with Crippen LogP contribution in [-0.2, 0) is 4.74 Å². The van der Waals surface area contributed by atoms with Crippen LogP contribution in [0.4, 0.5) is 12.9 Å². The van der Waals surface area contributed by atoms with Crippen LogP contribution in [0, 0.1) is 0 Å². The second-order valence-electron chi connectivity index (χ2n) is 3.89. The van der Waals surface area contributed by atoms with E-state index in [0.717, 1.165) is 12.8 Å². The molecule has 2 fully saturated rings. The van der Waals surface area contributed by atoms with Crippen LogP contribution in [0.15, 0.2) is 0 Å². The Balaban J connectivity index is 0.000000980. The van der Waals surface area contributed by atoms with E-state index in [1.54, 1.807) is 0 Å². The Morgan fingerprint density at radius 2 is 1.64 bits per heavy atom. The van der Waals surface area contributed by atoms with Crippen molar-refractivity contribution < 1.29 is 69.1 Å². The number of nitrogens with zero attached hydrogens (tertiary/aromatic N) is 1. The molecule has 0 aromatic rings. The molecule has 0 aromatic carbocycles. The van der Waals surface area contributed by atoms with E-state index in [1.165, 1.54) is 4.90 Å². The number of hydrogen-bond acceptors (Lipinski definition) is 2. The van der Waals surface area contributed by atoms with Gasteiger partial charge in [-0.1, -0.05) is 0 Å².